The Hall–Kier alpha value is -2.69. The van der Waals surface area contributed by atoms with Gasteiger partial charge in [0.1, 0.15) is 0 Å². The summed E-state index contributed by atoms with van der Waals surface area (Å²) in [5.74, 6) is 1.96. The molecule has 100 valence electrons. The van der Waals surface area contributed by atoms with Gasteiger partial charge in [-0.15, -0.1) is 0 Å². The quantitative estimate of drug-likeness (QED) is 0.784. The molecule has 0 spiro atoms. The van der Waals surface area contributed by atoms with Crippen LogP contribution < -0.4 is 18.9 Å². The summed E-state index contributed by atoms with van der Waals surface area (Å²) < 4.78 is 21.3. The van der Waals surface area contributed by atoms with E-state index in [9.17, 15) is 4.79 Å². The van der Waals surface area contributed by atoms with Gasteiger partial charge in [-0.25, -0.2) is 0 Å². The van der Waals surface area contributed by atoms with Gasteiger partial charge in [-0.2, -0.15) is 0 Å². The number of hydrogen-bond donors (Lipinski definition) is 0. The molecule has 0 amide bonds. The standard InChI is InChI=1S/C15H10O5/c16-13(9-3-1-5-11-14(9)19-7-17-11)10-4-2-6-12-15(10)20-8-18-12/h1-6H,7-8H2. The summed E-state index contributed by atoms with van der Waals surface area (Å²) in [5, 5.41) is 0. The van der Waals surface area contributed by atoms with Gasteiger partial charge in [-0.1, -0.05) is 12.1 Å². The van der Waals surface area contributed by atoms with Crippen LogP contribution in [0.2, 0.25) is 0 Å². The van der Waals surface area contributed by atoms with Crippen molar-refractivity contribution in [1.82, 2.24) is 0 Å². The Morgan fingerprint density at radius 3 is 1.75 bits per heavy atom. The maximum Gasteiger partial charge on any atom is 0.231 e. The number of ether oxygens (including phenoxy) is 4. The smallest absolute Gasteiger partial charge is 0.231 e. The van der Waals surface area contributed by atoms with Crippen molar-refractivity contribution in [2.45, 2.75) is 0 Å². The zero-order valence-electron chi connectivity index (χ0n) is 10.4. The molecule has 20 heavy (non-hydrogen) atoms. The minimum Gasteiger partial charge on any atom is -0.454 e. The fraction of sp³-hybridized carbons (Fsp3) is 0.133. The Labute approximate surface area is 114 Å². The first kappa shape index (κ1) is 11.2. The maximum atomic E-state index is 12.7. The number of carbonyl (C=O) groups excluding carboxylic acids is 1. The fourth-order valence-corrected chi connectivity index (χ4v) is 2.36. The molecule has 0 N–H and O–H groups in total. The highest BCUT2D eigenvalue weighted by Crippen LogP contribution is 2.40. The lowest BCUT2D eigenvalue weighted by molar-refractivity contribution is 0.102. The summed E-state index contributed by atoms with van der Waals surface area (Å²) >= 11 is 0. The molecule has 2 heterocycles. The molecule has 0 fully saturated rings. The van der Waals surface area contributed by atoms with Crippen LogP contribution in [-0.2, 0) is 0 Å². The van der Waals surface area contributed by atoms with Crippen LogP contribution in [0.1, 0.15) is 15.9 Å². The third-order valence-corrected chi connectivity index (χ3v) is 3.28. The number of para-hydroxylation sites is 2. The molecule has 0 saturated carbocycles. The van der Waals surface area contributed by atoms with Crippen LogP contribution >= 0.6 is 0 Å². The summed E-state index contributed by atoms with van der Waals surface area (Å²) in [7, 11) is 0. The van der Waals surface area contributed by atoms with E-state index in [0.29, 0.717) is 34.1 Å². The molecule has 0 radical (unpaired) electrons. The van der Waals surface area contributed by atoms with Gasteiger partial charge < -0.3 is 18.9 Å². The van der Waals surface area contributed by atoms with E-state index in [1.165, 1.54) is 0 Å². The van der Waals surface area contributed by atoms with E-state index in [-0.39, 0.29) is 19.4 Å². The molecule has 0 aliphatic carbocycles. The van der Waals surface area contributed by atoms with Crippen molar-refractivity contribution in [3.63, 3.8) is 0 Å². The fourth-order valence-electron chi connectivity index (χ4n) is 2.36. The first-order valence-corrected chi connectivity index (χ1v) is 6.16. The van der Waals surface area contributed by atoms with Crippen molar-refractivity contribution < 1.29 is 23.7 Å². The van der Waals surface area contributed by atoms with Crippen molar-refractivity contribution in [3.8, 4) is 23.0 Å². The molecule has 2 aromatic rings. The van der Waals surface area contributed by atoms with Gasteiger partial charge in [0, 0.05) is 0 Å². The molecule has 2 aliphatic rings. The summed E-state index contributed by atoms with van der Waals surface area (Å²) in [6, 6.07) is 10.5. The van der Waals surface area contributed by atoms with E-state index >= 15 is 0 Å². The molecular weight excluding hydrogens is 260 g/mol. The highest BCUT2D eigenvalue weighted by atomic mass is 16.7. The zero-order chi connectivity index (χ0) is 13.5. The van der Waals surface area contributed by atoms with Crippen LogP contribution in [0.15, 0.2) is 36.4 Å². The Balaban J connectivity index is 1.83. The lowest BCUT2D eigenvalue weighted by Crippen LogP contribution is -2.05. The van der Waals surface area contributed by atoms with Crippen LogP contribution in [-0.4, -0.2) is 19.4 Å². The first-order valence-electron chi connectivity index (χ1n) is 6.16. The summed E-state index contributed by atoms with van der Waals surface area (Å²) in [6.45, 7) is 0.262. The van der Waals surface area contributed by atoms with Gasteiger partial charge in [0.25, 0.3) is 0 Å². The van der Waals surface area contributed by atoms with Crippen LogP contribution in [0.4, 0.5) is 0 Å². The number of carbonyl (C=O) groups is 1. The number of ketones is 1. The zero-order valence-corrected chi connectivity index (χ0v) is 10.4. The second kappa shape index (κ2) is 4.16. The minimum absolute atomic E-state index is 0.131. The van der Waals surface area contributed by atoms with E-state index in [1.807, 2.05) is 0 Å². The number of hydrogen-bond acceptors (Lipinski definition) is 5. The van der Waals surface area contributed by atoms with Crippen molar-refractivity contribution in [2.24, 2.45) is 0 Å². The topological polar surface area (TPSA) is 54.0 Å². The van der Waals surface area contributed by atoms with E-state index < -0.39 is 0 Å². The predicted octanol–water partition coefficient (Wildman–Crippen LogP) is 2.38. The normalized spacial score (nSPS) is 14.4. The Bertz CT molecular complexity index is 648. The maximum absolute atomic E-state index is 12.7. The first-order chi connectivity index (χ1) is 9.84. The van der Waals surface area contributed by atoms with Gasteiger partial charge >= 0.3 is 0 Å². The molecule has 5 nitrogen and oxygen atoms in total. The van der Waals surface area contributed by atoms with Gasteiger partial charge in [0.15, 0.2) is 23.0 Å². The monoisotopic (exact) mass is 270 g/mol. The van der Waals surface area contributed by atoms with Crippen molar-refractivity contribution in [1.29, 1.82) is 0 Å². The summed E-state index contributed by atoms with van der Waals surface area (Å²) in [5.41, 5.74) is 0.924. The molecule has 0 bridgehead atoms. The highest BCUT2D eigenvalue weighted by Gasteiger charge is 2.27. The Morgan fingerprint density at radius 1 is 0.750 bits per heavy atom. The van der Waals surface area contributed by atoms with Crippen LogP contribution in [0.25, 0.3) is 0 Å². The SMILES string of the molecule is O=C(c1cccc2c1OCO2)c1cccc2c1OCO2. The summed E-state index contributed by atoms with van der Waals surface area (Å²) in [6.07, 6.45) is 0. The van der Waals surface area contributed by atoms with E-state index in [0.717, 1.165) is 0 Å². The third kappa shape index (κ3) is 1.53. The molecule has 0 aromatic heterocycles. The molecule has 2 aliphatic heterocycles. The molecule has 0 atom stereocenters. The average Bonchev–Trinajstić information content (AvgIpc) is 3.13. The molecule has 0 unspecified atom stereocenters. The van der Waals surface area contributed by atoms with E-state index in [1.54, 1.807) is 36.4 Å². The lowest BCUT2D eigenvalue weighted by Gasteiger charge is -2.07. The minimum atomic E-state index is -0.172. The largest absolute Gasteiger partial charge is 0.454 e. The van der Waals surface area contributed by atoms with Crippen molar-refractivity contribution in [3.05, 3.63) is 47.5 Å². The lowest BCUT2D eigenvalue weighted by atomic mass is 10.0. The van der Waals surface area contributed by atoms with Crippen LogP contribution in [0.5, 0.6) is 23.0 Å². The number of rotatable bonds is 2. The Morgan fingerprint density at radius 2 is 1.25 bits per heavy atom. The van der Waals surface area contributed by atoms with E-state index in [4.69, 9.17) is 18.9 Å². The van der Waals surface area contributed by atoms with Crippen LogP contribution in [0, 0.1) is 0 Å². The predicted molar refractivity (Wildman–Crippen MR) is 68.6 cm³/mol. The van der Waals surface area contributed by atoms with Gasteiger partial charge in [-0.3, -0.25) is 4.79 Å². The molecule has 2 aromatic carbocycles. The van der Waals surface area contributed by atoms with Crippen molar-refractivity contribution in [2.75, 3.05) is 13.6 Å². The molecule has 5 heteroatoms. The Kier molecular flexibility index (Phi) is 2.32. The molecule has 4 rings (SSSR count). The highest BCUT2D eigenvalue weighted by molar-refractivity contribution is 6.13. The van der Waals surface area contributed by atoms with Crippen molar-refractivity contribution >= 4 is 5.78 Å². The third-order valence-electron chi connectivity index (χ3n) is 3.28. The average molecular weight is 270 g/mol. The van der Waals surface area contributed by atoms with E-state index in [2.05, 4.69) is 0 Å². The van der Waals surface area contributed by atoms with Gasteiger partial charge in [0.2, 0.25) is 19.4 Å². The van der Waals surface area contributed by atoms with Gasteiger partial charge in [0.05, 0.1) is 11.1 Å². The number of benzene rings is 2. The van der Waals surface area contributed by atoms with Crippen LogP contribution in [0.3, 0.4) is 0 Å². The second-order valence-electron chi connectivity index (χ2n) is 4.41. The number of fused-ring (bicyclic) bond motifs is 2. The second-order valence-corrected chi connectivity index (χ2v) is 4.41. The van der Waals surface area contributed by atoms with Gasteiger partial charge in [-0.05, 0) is 24.3 Å². The molecular formula is C15H10O5. The summed E-state index contributed by atoms with van der Waals surface area (Å²) in [4.78, 5) is 12.7. The molecule has 0 saturated heterocycles.